The van der Waals surface area contributed by atoms with E-state index >= 15 is 0 Å². The fourth-order valence-corrected chi connectivity index (χ4v) is 2.21. The molecule has 0 bridgehead atoms. The molecule has 0 saturated carbocycles. The SMILES string of the molecule is Cc1cc(N2CCCC2)ccc1NC(=O)C(C)N. The minimum absolute atomic E-state index is 0.146. The summed E-state index contributed by atoms with van der Waals surface area (Å²) in [5.74, 6) is -0.146. The first kappa shape index (κ1) is 12.9. The molecular weight excluding hydrogens is 226 g/mol. The summed E-state index contributed by atoms with van der Waals surface area (Å²) in [6.07, 6.45) is 2.53. The first-order valence-corrected chi connectivity index (χ1v) is 6.50. The molecule has 2 rings (SSSR count). The van der Waals surface area contributed by atoms with Crippen molar-refractivity contribution < 1.29 is 4.79 Å². The maximum absolute atomic E-state index is 11.6. The second-order valence-corrected chi connectivity index (χ2v) is 4.97. The Bertz CT molecular complexity index is 437. The highest BCUT2D eigenvalue weighted by molar-refractivity contribution is 5.95. The minimum atomic E-state index is -0.484. The summed E-state index contributed by atoms with van der Waals surface area (Å²) in [4.78, 5) is 13.9. The number of benzene rings is 1. The van der Waals surface area contributed by atoms with Gasteiger partial charge in [0, 0.05) is 24.5 Å². The number of carbonyl (C=O) groups excluding carboxylic acids is 1. The van der Waals surface area contributed by atoms with E-state index in [-0.39, 0.29) is 5.91 Å². The molecule has 3 N–H and O–H groups in total. The maximum atomic E-state index is 11.6. The van der Waals surface area contributed by atoms with E-state index in [0.29, 0.717) is 0 Å². The predicted molar refractivity (Wildman–Crippen MR) is 74.9 cm³/mol. The lowest BCUT2D eigenvalue weighted by atomic mass is 10.1. The van der Waals surface area contributed by atoms with Crippen LogP contribution < -0.4 is 16.0 Å². The summed E-state index contributed by atoms with van der Waals surface area (Å²) in [6, 6.07) is 5.67. The van der Waals surface area contributed by atoms with E-state index in [4.69, 9.17) is 5.73 Å². The van der Waals surface area contributed by atoms with Crippen LogP contribution in [0.2, 0.25) is 0 Å². The molecule has 98 valence electrons. The van der Waals surface area contributed by atoms with Crippen molar-refractivity contribution in [2.45, 2.75) is 32.7 Å². The van der Waals surface area contributed by atoms with E-state index in [0.717, 1.165) is 24.3 Å². The fraction of sp³-hybridized carbons (Fsp3) is 0.500. The van der Waals surface area contributed by atoms with Gasteiger partial charge in [0.2, 0.25) is 5.91 Å². The number of nitrogens with one attached hydrogen (secondary N) is 1. The standard InChI is InChI=1S/C14H21N3O/c1-10-9-12(17-7-3-4-8-17)5-6-13(10)16-14(18)11(2)15/h5-6,9,11H,3-4,7-8,15H2,1-2H3,(H,16,18). The number of nitrogens with two attached hydrogens (primary N) is 1. The van der Waals surface area contributed by atoms with Crippen molar-refractivity contribution in [1.29, 1.82) is 0 Å². The molecule has 4 nitrogen and oxygen atoms in total. The van der Waals surface area contributed by atoms with Crippen molar-refractivity contribution in [3.8, 4) is 0 Å². The monoisotopic (exact) mass is 247 g/mol. The molecule has 0 spiro atoms. The molecule has 1 saturated heterocycles. The van der Waals surface area contributed by atoms with Gasteiger partial charge in [0.15, 0.2) is 0 Å². The molecule has 0 radical (unpaired) electrons. The van der Waals surface area contributed by atoms with Crippen LogP contribution >= 0.6 is 0 Å². The lowest BCUT2D eigenvalue weighted by Gasteiger charge is -2.19. The number of hydrogen-bond acceptors (Lipinski definition) is 3. The summed E-state index contributed by atoms with van der Waals surface area (Å²) in [6.45, 7) is 5.95. The van der Waals surface area contributed by atoms with E-state index in [2.05, 4.69) is 22.3 Å². The number of amides is 1. The Morgan fingerprint density at radius 2 is 2.06 bits per heavy atom. The van der Waals surface area contributed by atoms with Crippen LogP contribution in [-0.4, -0.2) is 25.0 Å². The van der Waals surface area contributed by atoms with Crippen LogP contribution in [-0.2, 0) is 4.79 Å². The quantitative estimate of drug-likeness (QED) is 0.857. The number of aryl methyl sites for hydroxylation is 1. The maximum Gasteiger partial charge on any atom is 0.241 e. The topological polar surface area (TPSA) is 58.4 Å². The molecule has 1 unspecified atom stereocenters. The molecule has 1 aliphatic rings. The average Bonchev–Trinajstić information content (AvgIpc) is 2.85. The molecule has 1 atom stereocenters. The zero-order valence-corrected chi connectivity index (χ0v) is 11.1. The third kappa shape index (κ3) is 2.82. The van der Waals surface area contributed by atoms with Crippen molar-refractivity contribution in [2.24, 2.45) is 5.73 Å². The lowest BCUT2D eigenvalue weighted by Crippen LogP contribution is -2.32. The summed E-state index contributed by atoms with van der Waals surface area (Å²) in [7, 11) is 0. The van der Waals surface area contributed by atoms with Gasteiger partial charge in [-0.1, -0.05) is 0 Å². The Hall–Kier alpha value is -1.55. The van der Waals surface area contributed by atoms with Crippen molar-refractivity contribution in [3.05, 3.63) is 23.8 Å². The highest BCUT2D eigenvalue weighted by Crippen LogP contribution is 2.25. The molecule has 1 fully saturated rings. The van der Waals surface area contributed by atoms with Crippen LogP contribution in [0, 0.1) is 6.92 Å². The molecule has 1 aliphatic heterocycles. The Morgan fingerprint density at radius 3 is 2.61 bits per heavy atom. The Labute approximate surface area is 108 Å². The van der Waals surface area contributed by atoms with Gasteiger partial charge in [-0.25, -0.2) is 0 Å². The van der Waals surface area contributed by atoms with Crippen LogP contribution in [0.25, 0.3) is 0 Å². The van der Waals surface area contributed by atoms with Gasteiger partial charge in [-0.15, -0.1) is 0 Å². The zero-order chi connectivity index (χ0) is 13.1. The van der Waals surface area contributed by atoms with E-state index < -0.39 is 6.04 Å². The molecular formula is C14H21N3O. The van der Waals surface area contributed by atoms with Crippen molar-refractivity contribution >= 4 is 17.3 Å². The van der Waals surface area contributed by atoms with Gasteiger partial charge in [0.05, 0.1) is 6.04 Å². The first-order valence-electron chi connectivity index (χ1n) is 6.50. The van der Waals surface area contributed by atoms with Gasteiger partial charge in [-0.2, -0.15) is 0 Å². The second-order valence-electron chi connectivity index (χ2n) is 4.97. The summed E-state index contributed by atoms with van der Waals surface area (Å²) < 4.78 is 0. The van der Waals surface area contributed by atoms with E-state index in [1.54, 1.807) is 6.92 Å². The van der Waals surface area contributed by atoms with Gasteiger partial charge in [-0.3, -0.25) is 4.79 Å². The molecule has 0 aliphatic carbocycles. The molecule has 18 heavy (non-hydrogen) atoms. The Kier molecular flexibility index (Phi) is 3.87. The van der Waals surface area contributed by atoms with Crippen molar-refractivity contribution in [1.82, 2.24) is 0 Å². The van der Waals surface area contributed by atoms with Crippen molar-refractivity contribution in [2.75, 3.05) is 23.3 Å². The lowest BCUT2D eigenvalue weighted by molar-refractivity contribution is -0.117. The van der Waals surface area contributed by atoms with Gasteiger partial charge in [0.1, 0.15) is 0 Å². The van der Waals surface area contributed by atoms with Crippen LogP contribution in [0.4, 0.5) is 11.4 Å². The number of hydrogen-bond donors (Lipinski definition) is 2. The Balaban J connectivity index is 2.12. The highest BCUT2D eigenvalue weighted by atomic mass is 16.2. The number of anilines is 2. The predicted octanol–water partition coefficient (Wildman–Crippen LogP) is 1.88. The van der Waals surface area contributed by atoms with Gasteiger partial charge in [0.25, 0.3) is 0 Å². The molecule has 1 heterocycles. The van der Waals surface area contributed by atoms with Gasteiger partial charge in [-0.05, 0) is 50.5 Å². The summed E-state index contributed by atoms with van der Waals surface area (Å²) >= 11 is 0. The second kappa shape index (κ2) is 5.40. The third-order valence-electron chi connectivity index (χ3n) is 3.35. The number of nitrogens with zero attached hydrogens (tertiary/aromatic N) is 1. The third-order valence-corrected chi connectivity index (χ3v) is 3.35. The van der Waals surface area contributed by atoms with E-state index in [9.17, 15) is 4.79 Å². The summed E-state index contributed by atoms with van der Waals surface area (Å²) in [5, 5.41) is 2.84. The normalized spacial score (nSPS) is 16.7. The molecule has 1 amide bonds. The first-order chi connectivity index (χ1) is 8.58. The van der Waals surface area contributed by atoms with E-state index in [1.165, 1.54) is 18.5 Å². The smallest absolute Gasteiger partial charge is 0.241 e. The number of rotatable bonds is 3. The highest BCUT2D eigenvalue weighted by Gasteiger charge is 2.14. The van der Waals surface area contributed by atoms with Crippen LogP contribution in [0.3, 0.4) is 0 Å². The van der Waals surface area contributed by atoms with E-state index in [1.807, 2.05) is 13.0 Å². The fourth-order valence-electron chi connectivity index (χ4n) is 2.21. The minimum Gasteiger partial charge on any atom is -0.372 e. The number of carbonyl (C=O) groups is 1. The van der Waals surface area contributed by atoms with Gasteiger partial charge < -0.3 is 16.0 Å². The molecule has 1 aromatic rings. The van der Waals surface area contributed by atoms with Crippen LogP contribution in [0.5, 0.6) is 0 Å². The summed E-state index contributed by atoms with van der Waals surface area (Å²) in [5.41, 5.74) is 8.71. The van der Waals surface area contributed by atoms with Crippen molar-refractivity contribution in [3.63, 3.8) is 0 Å². The van der Waals surface area contributed by atoms with Crippen LogP contribution in [0.15, 0.2) is 18.2 Å². The molecule has 4 heteroatoms. The average molecular weight is 247 g/mol. The van der Waals surface area contributed by atoms with Gasteiger partial charge >= 0.3 is 0 Å². The largest absolute Gasteiger partial charge is 0.372 e. The Morgan fingerprint density at radius 1 is 1.39 bits per heavy atom. The van der Waals surface area contributed by atoms with Crippen LogP contribution in [0.1, 0.15) is 25.3 Å². The molecule has 0 aromatic heterocycles. The zero-order valence-electron chi connectivity index (χ0n) is 11.1. The molecule has 1 aromatic carbocycles.